The second kappa shape index (κ2) is 12.0. The lowest BCUT2D eigenvalue weighted by atomic mass is 10.3. The fourth-order valence-electron chi connectivity index (χ4n) is 2.50. The van der Waals surface area contributed by atoms with Crippen molar-refractivity contribution < 1.29 is 14.1 Å². The van der Waals surface area contributed by atoms with Gasteiger partial charge < -0.3 is 24.8 Å². The molecule has 9 nitrogen and oxygen atoms in total. The number of aliphatic imine (C=N–C) groups is 1. The molecule has 25 heavy (non-hydrogen) atoms. The molecule has 0 saturated carbocycles. The minimum Gasteiger partial charge on any atom is -0.383 e. The van der Waals surface area contributed by atoms with Gasteiger partial charge in [-0.2, -0.15) is 0 Å². The predicted molar refractivity (Wildman–Crippen MR) is 105 cm³/mol. The summed E-state index contributed by atoms with van der Waals surface area (Å²) in [5, 5.41) is 9.98. The van der Waals surface area contributed by atoms with E-state index in [1.807, 2.05) is 6.07 Å². The molecule has 0 atom stereocenters. The van der Waals surface area contributed by atoms with E-state index in [1.165, 1.54) is 0 Å². The zero-order valence-corrected chi connectivity index (χ0v) is 17.1. The van der Waals surface area contributed by atoms with Gasteiger partial charge in [-0.1, -0.05) is 5.16 Å². The molecule has 1 saturated heterocycles. The van der Waals surface area contributed by atoms with Crippen LogP contribution in [0.25, 0.3) is 0 Å². The molecular weight excluding hydrogens is 439 g/mol. The topological polar surface area (TPSA) is 95.2 Å². The van der Waals surface area contributed by atoms with Crippen molar-refractivity contribution in [3.8, 4) is 0 Å². The van der Waals surface area contributed by atoms with Gasteiger partial charge in [0, 0.05) is 52.9 Å². The fraction of sp³-hybridized carbons (Fsp3) is 0.667. The van der Waals surface area contributed by atoms with Crippen LogP contribution in [0.5, 0.6) is 0 Å². The molecule has 0 unspecified atom stereocenters. The molecule has 0 spiro atoms. The van der Waals surface area contributed by atoms with Crippen LogP contribution in [0.3, 0.4) is 0 Å². The summed E-state index contributed by atoms with van der Waals surface area (Å²) in [4.78, 5) is 20.4. The van der Waals surface area contributed by atoms with Gasteiger partial charge in [-0.15, -0.1) is 24.0 Å². The van der Waals surface area contributed by atoms with Crippen LogP contribution in [0, 0.1) is 0 Å². The van der Waals surface area contributed by atoms with E-state index in [9.17, 15) is 4.79 Å². The van der Waals surface area contributed by atoms with Crippen molar-refractivity contribution in [1.82, 2.24) is 25.6 Å². The van der Waals surface area contributed by atoms with Gasteiger partial charge in [0.05, 0.1) is 19.7 Å². The average Bonchev–Trinajstić information content (AvgIpc) is 3.10. The van der Waals surface area contributed by atoms with Crippen molar-refractivity contribution in [2.45, 2.75) is 6.54 Å². The van der Waals surface area contributed by atoms with Crippen LogP contribution >= 0.6 is 24.0 Å². The van der Waals surface area contributed by atoms with Gasteiger partial charge in [-0.05, 0) is 0 Å². The minimum absolute atomic E-state index is 0. The molecule has 1 aliphatic heterocycles. The highest BCUT2D eigenvalue weighted by atomic mass is 127. The first-order valence-electron chi connectivity index (χ1n) is 8.05. The van der Waals surface area contributed by atoms with E-state index in [-0.39, 0.29) is 29.9 Å². The summed E-state index contributed by atoms with van der Waals surface area (Å²) in [6.07, 6.45) is 1.55. The number of aromatic nitrogens is 1. The van der Waals surface area contributed by atoms with Crippen LogP contribution in [0.4, 0.5) is 0 Å². The first kappa shape index (κ1) is 21.6. The highest BCUT2D eigenvalue weighted by molar-refractivity contribution is 14.0. The highest BCUT2D eigenvalue weighted by Crippen LogP contribution is 2.03. The summed E-state index contributed by atoms with van der Waals surface area (Å²) in [5.74, 6) is 0.872. The second-order valence-corrected chi connectivity index (χ2v) is 5.50. The van der Waals surface area contributed by atoms with Gasteiger partial charge >= 0.3 is 0 Å². The standard InChI is InChI=1S/C15H26N6O3.HI/c1-16-15(18-11-13-3-9-24-19-13)21-7-5-20(6-8-21)12-14(22)17-4-10-23-2;/h3,9H,4-8,10-12H2,1-2H3,(H,16,18)(H,17,22);1H. The second-order valence-electron chi connectivity index (χ2n) is 5.50. The van der Waals surface area contributed by atoms with Crippen molar-refractivity contribution in [1.29, 1.82) is 0 Å². The van der Waals surface area contributed by atoms with E-state index in [0.717, 1.165) is 37.8 Å². The Hall–Kier alpha value is -1.40. The number of nitrogens with one attached hydrogen (secondary N) is 2. The summed E-state index contributed by atoms with van der Waals surface area (Å²) in [6, 6.07) is 1.82. The summed E-state index contributed by atoms with van der Waals surface area (Å²) >= 11 is 0. The van der Waals surface area contributed by atoms with Crippen molar-refractivity contribution in [2.24, 2.45) is 4.99 Å². The van der Waals surface area contributed by atoms with Gasteiger partial charge in [0.15, 0.2) is 5.96 Å². The van der Waals surface area contributed by atoms with Gasteiger partial charge in [0.25, 0.3) is 0 Å². The molecule has 1 aromatic rings. The number of methoxy groups -OCH3 is 1. The number of amides is 1. The molecule has 0 aromatic carbocycles. The summed E-state index contributed by atoms with van der Waals surface area (Å²) < 4.78 is 9.74. The Labute approximate surface area is 165 Å². The zero-order chi connectivity index (χ0) is 17.2. The Kier molecular flexibility index (Phi) is 10.4. The predicted octanol–water partition coefficient (Wildman–Crippen LogP) is -0.252. The molecular formula is C15H27IN6O3. The monoisotopic (exact) mass is 466 g/mol. The van der Waals surface area contributed by atoms with Gasteiger partial charge in [-0.25, -0.2) is 0 Å². The maximum absolute atomic E-state index is 11.8. The Bertz CT molecular complexity index is 517. The maximum atomic E-state index is 11.8. The molecule has 1 aromatic heterocycles. The van der Waals surface area contributed by atoms with Crippen LogP contribution in [-0.2, 0) is 16.1 Å². The fourth-order valence-corrected chi connectivity index (χ4v) is 2.50. The van der Waals surface area contributed by atoms with Gasteiger partial charge in [-0.3, -0.25) is 14.7 Å². The number of nitrogens with zero attached hydrogens (tertiary/aromatic N) is 4. The van der Waals surface area contributed by atoms with E-state index < -0.39 is 0 Å². The summed E-state index contributed by atoms with van der Waals surface area (Å²) in [7, 11) is 3.38. The lowest BCUT2D eigenvalue weighted by molar-refractivity contribution is -0.122. The van der Waals surface area contributed by atoms with Crippen LogP contribution < -0.4 is 10.6 Å². The Morgan fingerprint density at radius 3 is 2.72 bits per heavy atom. The normalized spacial score (nSPS) is 15.6. The largest absolute Gasteiger partial charge is 0.383 e. The highest BCUT2D eigenvalue weighted by Gasteiger charge is 2.21. The third-order valence-electron chi connectivity index (χ3n) is 3.80. The summed E-state index contributed by atoms with van der Waals surface area (Å²) in [6.45, 7) is 5.37. The Morgan fingerprint density at radius 2 is 2.12 bits per heavy atom. The quantitative estimate of drug-likeness (QED) is 0.248. The van der Waals surface area contributed by atoms with Crippen LogP contribution in [0.1, 0.15) is 5.69 Å². The number of hydrogen-bond acceptors (Lipinski definition) is 6. The molecule has 10 heteroatoms. The third kappa shape index (κ3) is 7.57. The van der Waals surface area contributed by atoms with Crippen LogP contribution in [0.15, 0.2) is 21.8 Å². The van der Waals surface area contributed by atoms with Crippen molar-refractivity contribution in [3.63, 3.8) is 0 Å². The van der Waals surface area contributed by atoms with Crippen LogP contribution in [-0.4, -0.2) is 86.9 Å². The molecule has 142 valence electrons. The van der Waals surface area contributed by atoms with Crippen molar-refractivity contribution >= 4 is 35.8 Å². The molecule has 2 rings (SSSR count). The first-order chi connectivity index (χ1) is 11.7. The molecule has 0 bridgehead atoms. The number of halogens is 1. The SMILES string of the molecule is CN=C(NCc1ccon1)N1CCN(CC(=O)NCCOC)CC1.I. The first-order valence-corrected chi connectivity index (χ1v) is 8.05. The Morgan fingerprint density at radius 1 is 1.36 bits per heavy atom. The lowest BCUT2D eigenvalue weighted by Crippen LogP contribution is -2.54. The van der Waals surface area contributed by atoms with Gasteiger partial charge in [0.1, 0.15) is 12.0 Å². The minimum atomic E-state index is 0. The molecule has 0 radical (unpaired) electrons. The molecule has 1 aliphatic rings. The number of guanidine groups is 1. The van der Waals surface area contributed by atoms with Gasteiger partial charge in [0.2, 0.25) is 5.91 Å². The summed E-state index contributed by atoms with van der Waals surface area (Å²) in [5.41, 5.74) is 0.836. The molecule has 0 aliphatic carbocycles. The molecule has 1 fully saturated rings. The molecule has 2 heterocycles. The van der Waals surface area contributed by atoms with E-state index in [1.54, 1.807) is 20.4 Å². The zero-order valence-electron chi connectivity index (χ0n) is 14.7. The van der Waals surface area contributed by atoms with E-state index in [4.69, 9.17) is 9.26 Å². The lowest BCUT2D eigenvalue weighted by Gasteiger charge is -2.36. The average molecular weight is 466 g/mol. The number of carbonyl (C=O) groups excluding carboxylic acids is 1. The molecule has 2 N–H and O–H groups in total. The van der Waals surface area contributed by atoms with Crippen molar-refractivity contribution in [2.75, 3.05) is 60.0 Å². The smallest absolute Gasteiger partial charge is 0.234 e. The number of ether oxygens (including phenoxy) is 1. The van der Waals surface area contributed by atoms with Crippen molar-refractivity contribution in [3.05, 3.63) is 18.0 Å². The van der Waals surface area contributed by atoms with E-state index in [2.05, 4.69) is 30.6 Å². The maximum Gasteiger partial charge on any atom is 0.234 e. The third-order valence-corrected chi connectivity index (χ3v) is 3.80. The number of hydrogen-bond donors (Lipinski definition) is 2. The van der Waals surface area contributed by atoms with E-state index in [0.29, 0.717) is 26.2 Å². The number of rotatable bonds is 7. The molecule has 1 amide bonds. The number of piperazine rings is 1. The van der Waals surface area contributed by atoms with E-state index >= 15 is 0 Å². The number of carbonyl (C=O) groups is 1. The Balaban J connectivity index is 0.00000312. The van der Waals surface area contributed by atoms with Crippen LogP contribution in [0.2, 0.25) is 0 Å².